The van der Waals surface area contributed by atoms with Crippen LogP contribution < -0.4 is 9.47 Å². The molecule has 0 amide bonds. The van der Waals surface area contributed by atoms with Crippen molar-refractivity contribution in [2.45, 2.75) is 13.0 Å². The van der Waals surface area contributed by atoms with E-state index in [1.807, 2.05) is 18.2 Å². The maximum Gasteiger partial charge on any atom is 0.342 e. The van der Waals surface area contributed by atoms with Gasteiger partial charge in [0.25, 0.3) is 0 Å². The predicted molar refractivity (Wildman–Crippen MR) is 105 cm³/mol. The molecule has 3 aromatic rings. The average Bonchev–Trinajstić information content (AvgIpc) is 2.74. The third-order valence-corrected chi connectivity index (χ3v) is 4.11. The summed E-state index contributed by atoms with van der Waals surface area (Å²) >= 11 is 0. The lowest BCUT2D eigenvalue weighted by molar-refractivity contribution is 0.0316. The van der Waals surface area contributed by atoms with E-state index in [1.54, 1.807) is 74.7 Å². The maximum atomic E-state index is 12.6. The lowest BCUT2D eigenvalue weighted by Crippen LogP contribution is -2.24. The number of Topliss-reactive ketones (excluding diaryl/α,β-unsaturated/α-hetero) is 1. The van der Waals surface area contributed by atoms with Crippen LogP contribution in [0.2, 0.25) is 0 Å². The van der Waals surface area contributed by atoms with Gasteiger partial charge in [-0.05, 0) is 55.5 Å². The minimum Gasteiger partial charge on any atom is -0.497 e. The number of hydrogen-bond acceptors (Lipinski definition) is 5. The summed E-state index contributed by atoms with van der Waals surface area (Å²) in [6.45, 7) is 1.55. The number of rotatable bonds is 7. The van der Waals surface area contributed by atoms with Gasteiger partial charge in [-0.2, -0.15) is 0 Å². The van der Waals surface area contributed by atoms with Crippen molar-refractivity contribution in [1.82, 2.24) is 0 Å². The largest absolute Gasteiger partial charge is 0.497 e. The van der Waals surface area contributed by atoms with E-state index in [-0.39, 0.29) is 11.3 Å². The number of benzene rings is 3. The molecule has 0 spiro atoms. The lowest BCUT2D eigenvalue weighted by atomic mass is 10.1. The van der Waals surface area contributed by atoms with Gasteiger partial charge in [-0.25, -0.2) is 4.79 Å². The number of carbonyl (C=O) groups excluding carboxylic acids is 2. The fourth-order valence-corrected chi connectivity index (χ4v) is 2.61. The van der Waals surface area contributed by atoms with E-state index in [4.69, 9.17) is 14.2 Å². The third kappa shape index (κ3) is 4.57. The van der Waals surface area contributed by atoms with Crippen molar-refractivity contribution in [2.75, 3.05) is 7.11 Å². The molecule has 142 valence electrons. The highest BCUT2D eigenvalue weighted by Gasteiger charge is 2.22. The monoisotopic (exact) mass is 376 g/mol. The molecule has 0 saturated carbocycles. The van der Waals surface area contributed by atoms with Gasteiger partial charge in [0.1, 0.15) is 22.8 Å². The number of hydrogen-bond donors (Lipinski definition) is 0. The molecule has 0 unspecified atom stereocenters. The first-order valence-corrected chi connectivity index (χ1v) is 8.79. The van der Waals surface area contributed by atoms with Crippen LogP contribution >= 0.6 is 0 Å². The normalized spacial score (nSPS) is 11.4. The number of ether oxygens (including phenoxy) is 3. The van der Waals surface area contributed by atoms with Crippen molar-refractivity contribution < 1.29 is 23.8 Å². The Balaban J connectivity index is 1.72. The van der Waals surface area contributed by atoms with Crippen LogP contribution in [0.25, 0.3) is 0 Å². The van der Waals surface area contributed by atoms with Crippen molar-refractivity contribution >= 4 is 11.8 Å². The molecule has 0 aromatic heterocycles. The third-order valence-electron chi connectivity index (χ3n) is 4.11. The standard InChI is InChI=1S/C23H20O5/c1-16(22(24)17-12-14-18(26-2)15-13-17)27-23(25)20-10-6-7-11-21(20)28-19-8-4-3-5-9-19/h3-16H,1-2H3/t16-/m0/s1. The predicted octanol–water partition coefficient (Wildman–Crippen LogP) is 4.92. The summed E-state index contributed by atoms with van der Waals surface area (Å²) in [6.07, 6.45) is -0.939. The molecule has 5 heteroatoms. The smallest absolute Gasteiger partial charge is 0.342 e. The van der Waals surface area contributed by atoms with E-state index in [0.717, 1.165) is 0 Å². The summed E-state index contributed by atoms with van der Waals surface area (Å²) in [7, 11) is 1.55. The Labute approximate surface area is 163 Å². The van der Waals surface area contributed by atoms with Gasteiger partial charge >= 0.3 is 5.97 Å². The second-order valence-electron chi connectivity index (χ2n) is 6.05. The molecule has 28 heavy (non-hydrogen) atoms. The van der Waals surface area contributed by atoms with Crippen molar-refractivity contribution in [3.8, 4) is 17.2 Å². The van der Waals surface area contributed by atoms with E-state index < -0.39 is 12.1 Å². The Morgan fingerprint density at radius 3 is 2.11 bits per heavy atom. The van der Waals surface area contributed by atoms with E-state index >= 15 is 0 Å². The SMILES string of the molecule is COc1ccc(C(=O)[C@H](C)OC(=O)c2ccccc2Oc2ccccc2)cc1. The molecule has 0 radical (unpaired) electrons. The average molecular weight is 376 g/mol. The molecule has 0 aliphatic heterocycles. The summed E-state index contributed by atoms with van der Waals surface area (Å²) in [5, 5.41) is 0. The molecular weight excluding hydrogens is 356 g/mol. The van der Waals surface area contributed by atoms with Crippen LogP contribution in [-0.4, -0.2) is 25.0 Å². The number of ketones is 1. The highest BCUT2D eigenvalue weighted by molar-refractivity contribution is 6.02. The van der Waals surface area contributed by atoms with Gasteiger partial charge in [-0.15, -0.1) is 0 Å². The van der Waals surface area contributed by atoms with Crippen LogP contribution in [0.1, 0.15) is 27.6 Å². The zero-order chi connectivity index (χ0) is 19.9. The van der Waals surface area contributed by atoms with Crippen LogP contribution in [0.3, 0.4) is 0 Å². The Bertz CT molecular complexity index is 948. The topological polar surface area (TPSA) is 61.8 Å². The second-order valence-corrected chi connectivity index (χ2v) is 6.05. The Morgan fingerprint density at radius 2 is 1.43 bits per heavy atom. The number of para-hydroxylation sites is 2. The van der Waals surface area contributed by atoms with E-state index in [0.29, 0.717) is 22.8 Å². The number of methoxy groups -OCH3 is 1. The molecule has 0 bridgehead atoms. The molecule has 1 atom stereocenters. The molecule has 0 heterocycles. The van der Waals surface area contributed by atoms with E-state index in [9.17, 15) is 9.59 Å². The van der Waals surface area contributed by atoms with Crippen molar-refractivity contribution in [3.63, 3.8) is 0 Å². The van der Waals surface area contributed by atoms with Crippen molar-refractivity contribution in [3.05, 3.63) is 90.0 Å². The van der Waals surface area contributed by atoms with Crippen LogP contribution in [-0.2, 0) is 4.74 Å². The second kappa shape index (κ2) is 8.86. The van der Waals surface area contributed by atoms with Crippen LogP contribution in [0.4, 0.5) is 0 Å². The highest BCUT2D eigenvalue weighted by atomic mass is 16.5. The van der Waals surface area contributed by atoms with E-state index in [1.165, 1.54) is 0 Å². The molecule has 0 saturated heterocycles. The van der Waals surface area contributed by atoms with Gasteiger partial charge in [0.2, 0.25) is 5.78 Å². The molecular formula is C23H20O5. The highest BCUT2D eigenvalue weighted by Crippen LogP contribution is 2.26. The molecule has 0 fully saturated rings. The summed E-state index contributed by atoms with van der Waals surface area (Å²) in [5.74, 6) is 0.694. The summed E-state index contributed by atoms with van der Waals surface area (Å²) in [6, 6.07) is 22.5. The minimum absolute atomic E-state index is 0.251. The summed E-state index contributed by atoms with van der Waals surface area (Å²) in [5.41, 5.74) is 0.690. The van der Waals surface area contributed by atoms with Crippen LogP contribution in [0.15, 0.2) is 78.9 Å². The van der Waals surface area contributed by atoms with Gasteiger partial charge in [0.05, 0.1) is 7.11 Å². The van der Waals surface area contributed by atoms with Crippen molar-refractivity contribution in [1.29, 1.82) is 0 Å². The Hall–Kier alpha value is -3.60. The van der Waals surface area contributed by atoms with Gasteiger partial charge in [0.15, 0.2) is 6.10 Å². The molecule has 3 rings (SSSR count). The minimum atomic E-state index is -0.939. The molecule has 0 N–H and O–H groups in total. The molecule has 0 aliphatic rings. The molecule has 5 nitrogen and oxygen atoms in total. The van der Waals surface area contributed by atoms with Gasteiger partial charge in [0, 0.05) is 5.56 Å². The van der Waals surface area contributed by atoms with Gasteiger partial charge < -0.3 is 14.2 Å². The number of esters is 1. The first-order valence-electron chi connectivity index (χ1n) is 8.79. The molecule has 0 aliphatic carbocycles. The zero-order valence-corrected chi connectivity index (χ0v) is 15.6. The first kappa shape index (κ1) is 19.2. The van der Waals surface area contributed by atoms with E-state index in [2.05, 4.69) is 0 Å². The number of carbonyl (C=O) groups is 2. The fourth-order valence-electron chi connectivity index (χ4n) is 2.61. The first-order chi connectivity index (χ1) is 13.6. The zero-order valence-electron chi connectivity index (χ0n) is 15.6. The lowest BCUT2D eigenvalue weighted by Gasteiger charge is -2.15. The Kier molecular flexibility index (Phi) is 6.07. The summed E-state index contributed by atoms with van der Waals surface area (Å²) < 4.78 is 16.3. The Morgan fingerprint density at radius 1 is 0.786 bits per heavy atom. The molecule has 3 aromatic carbocycles. The van der Waals surface area contributed by atoms with Crippen molar-refractivity contribution in [2.24, 2.45) is 0 Å². The maximum absolute atomic E-state index is 12.6. The van der Waals surface area contributed by atoms with Gasteiger partial charge in [-0.1, -0.05) is 30.3 Å². The van der Waals surface area contributed by atoms with Crippen LogP contribution in [0, 0.1) is 0 Å². The quantitative estimate of drug-likeness (QED) is 0.433. The van der Waals surface area contributed by atoms with Crippen LogP contribution in [0.5, 0.6) is 17.2 Å². The fraction of sp³-hybridized carbons (Fsp3) is 0.130. The summed E-state index contributed by atoms with van der Waals surface area (Å²) in [4.78, 5) is 25.2. The van der Waals surface area contributed by atoms with Gasteiger partial charge in [-0.3, -0.25) is 4.79 Å².